The van der Waals surface area contributed by atoms with Crippen LogP contribution in [0, 0.1) is 11.7 Å². The molecule has 1 aromatic carbocycles. The summed E-state index contributed by atoms with van der Waals surface area (Å²) in [4.78, 5) is 29.0. The van der Waals surface area contributed by atoms with Crippen molar-refractivity contribution in [1.82, 2.24) is 20.0 Å². The summed E-state index contributed by atoms with van der Waals surface area (Å²) in [5.41, 5.74) is 1.06. The van der Waals surface area contributed by atoms with Gasteiger partial charge in [0.2, 0.25) is 17.7 Å². The topological polar surface area (TPSA) is 79.5 Å². The lowest BCUT2D eigenvalue weighted by Crippen LogP contribution is -2.43. The second-order valence-corrected chi connectivity index (χ2v) is 8.64. The molecule has 4 rings (SSSR count). The Morgan fingerprint density at radius 1 is 1.19 bits per heavy atom. The molecule has 1 aliphatic heterocycles. The lowest BCUT2D eigenvalue weighted by Gasteiger charge is -2.34. The van der Waals surface area contributed by atoms with Crippen molar-refractivity contribution in [1.29, 1.82) is 0 Å². The SMILES string of the molecule is CCC(=O)N1CCC(C(=O)N(Cc2ccc(-c3nnc(C(F)F)o3)cc2F)C2=CC=CCC=C2)CC1. The molecule has 2 aromatic rings. The number of hydrogen-bond acceptors (Lipinski definition) is 5. The molecule has 7 nitrogen and oxygen atoms in total. The second-order valence-electron chi connectivity index (χ2n) is 8.64. The quantitative estimate of drug-likeness (QED) is 0.523. The molecule has 0 bridgehead atoms. The molecule has 1 aromatic heterocycles. The zero-order chi connectivity index (χ0) is 25.7. The number of piperidine rings is 1. The van der Waals surface area contributed by atoms with Crippen molar-refractivity contribution in [3.8, 4) is 11.5 Å². The largest absolute Gasteiger partial charge is 0.415 e. The van der Waals surface area contributed by atoms with E-state index in [4.69, 9.17) is 4.42 Å². The van der Waals surface area contributed by atoms with Crippen LogP contribution in [-0.4, -0.2) is 44.9 Å². The molecule has 10 heteroatoms. The fourth-order valence-electron chi connectivity index (χ4n) is 4.28. The first-order valence-electron chi connectivity index (χ1n) is 11.9. The molecule has 1 aliphatic carbocycles. The zero-order valence-corrected chi connectivity index (χ0v) is 19.9. The molecule has 1 fully saturated rings. The van der Waals surface area contributed by atoms with Crippen LogP contribution in [0.2, 0.25) is 0 Å². The van der Waals surface area contributed by atoms with E-state index >= 15 is 4.39 Å². The Labute approximate surface area is 207 Å². The van der Waals surface area contributed by atoms with Gasteiger partial charge in [0.25, 0.3) is 5.89 Å². The Bertz CT molecular complexity index is 1200. The summed E-state index contributed by atoms with van der Waals surface area (Å²) in [5.74, 6) is -2.03. The van der Waals surface area contributed by atoms with Gasteiger partial charge in [0.05, 0.1) is 6.54 Å². The van der Waals surface area contributed by atoms with Crippen molar-refractivity contribution >= 4 is 11.8 Å². The average Bonchev–Trinajstić information content (AvgIpc) is 3.24. The van der Waals surface area contributed by atoms with Crippen molar-refractivity contribution < 1.29 is 27.2 Å². The van der Waals surface area contributed by atoms with Gasteiger partial charge in [-0.15, -0.1) is 10.2 Å². The van der Waals surface area contributed by atoms with Crippen molar-refractivity contribution in [2.24, 2.45) is 5.92 Å². The lowest BCUT2D eigenvalue weighted by molar-refractivity contribution is -0.139. The van der Waals surface area contributed by atoms with Crippen LogP contribution in [0.1, 0.15) is 50.5 Å². The normalized spacial score (nSPS) is 16.2. The van der Waals surface area contributed by atoms with E-state index < -0.39 is 18.1 Å². The molecular formula is C26H27F3N4O3. The van der Waals surface area contributed by atoms with E-state index in [2.05, 4.69) is 10.2 Å². The predicted octanol–water partition coefficient (Wildman–Crippen LogP) is 5.19. The van der Waals surface area contributed by atoms with Gasteiger partial charge in [-0.3, -0.25) is 9.59 Å². The molecule has 1 saturated heterocycles. The average molecular weight is 501 g/mol. The zero-order valence-electron chi connectivity index (χ0n) is 19.9. The minimum Gasteiger partial charge on any atom is -0.415 e. The van der Waals surface area contributed by atoms with E-state index in [1.54, 1.807) is 9.80 Å². The van der Waals surface area contributed by atoms with E-state index in [0.29, 0.717) is 44.5 Å². The highest BCUT2D eigenvalue weighted by Gasteiger charge is 2.31. The maximum atomic E-state index is 15.1. The van der Waals surface area contributed by atoms with Gasteiger partial charge in [0, 0.05) is 42.3 Å². The summed E-state index contributed by atoms with van der Waals surface area (Å²) in [5, 5.41) is 6.83. The molecule has 2 amide bonds. The molecule has 0 radical (unpaired) electrons. The lowest BCUT2D eigenvalue weighted by atomic mass is 9.94. The van der Waals surface area contributed by atoms with Crippen molar-refractivity contribution in [3.05, 3.63) is 71.5 Å². The van der Waals surface area contributed by atoms with Crippen molar-refractivity contribution in [2.75, 3.05) is 13.1 Å². The van der Waals surface area contributed by atoms with Crippen LogP contribution in [0.3, 0.4) is 0 Å². The first kappa shape index (κ1) is 25.4. The number of alkyl halides is 2. The van der Waals surface area contributed by atoms with Gasteiger partial charge >= 0.3 is 6.43 Å². The fraction of sp³-hybridized carbons (Fsp3) is 0.385. The maximum absolute atomic E-state index is 15.1. The van der Waals surface area contributed by atoms with Gasteiger partial charge in [-0.1, -0.05) is 31.2 Å². The van der Waals surface area contributed by atoms with Crippen molar-refractivity contribution in [2.45, 2.75) is 45.6 Å². The number of hydrogen-bond donors (Lipinski definition) is 0. The molecular weight excluding hydrogens is 473 g/mol. The summed E-state index contributed by atoms with van der Waals surface area (Å²) in [6.07, 6.45) is 8.69. The summed E-state index contributed by atoms with van der Waals surface area (Å²) in [6, 6.07) is 4.11. The number of nitrogens with zero attached hydrogens (tertiary/aromatic N) is 4. The number of rotatable bonds is 7. The van der Waals surface area contributed by atoms with Crippen molar-refractivity contribution in [3.63, 3.8) is 0 Å². The Morgan fingerprint density at radius 2 is 1.97 bits per heavy atom. The number of carbonyl (C=O) groups is 2. The van der Waals surface area contributed by atoms with E-state index in [1.165, 1.54) is 12.1 Å². The molecule has 0 N–H and O–H groups in total. The van der Waals surface area contributed by atoms with Gasteiger partial charge in [-0.2, -0.15) is 8.78 Å². The molecule has 0 spiro atoms. The van der Waals surface area contributed by atoms with Gasteiger partial charge < -0.3 is 14.2 Å². The van der Waals surface area contributed by atoms with Crippen LogP contribution >= 0.6 is 0 Å². The molecule has 0 atom stereocenters. The number of benzene rings is 1. The first-order valence-corrected chi connectivity index (χ1v) is 11.9. The minimum atomic E-state index is -2.92. The Hall–Kier alpha value is -3.69. The highest BCUT2D eigenvalue weighted by molar-refractivity contribution is 5.82. The molecule has 190 valence electrons. The number of allylic oxidation sites excluding steroid dienone is 5. The third kappa shape index (κ3) is 5.75. The van der Waals surface area contributed by atoms with Gasteiger partial charge in [-0.05, 0) is 43.5 Å². The van der Waals surface area contributed by atoms with E-state index in [1.807, 2.05) is 37.3 Å². The number of likely N-dealkylation sites (tertiary alicyclic amines) is 1. The standard InChI is InChI=1S/C26H27F3N4O3/c1-2-22(34)32-13-11-17(12-14-32)26(35)33(20-7-5-3-4-6-8-20)16-19-10-9-18(15-21(19)27)24-30-31-25(36-24)23(28)29/h3,5-10,15,17,23H,2,4,11-14,16H2,1H3. The number of amides is 2. The van der Waals surface area contributed by atoms with Crippen LogP contribution in [0.25, 0.3) is 11.5 Å². The number of carbonyl (C=O) groups excluding carboxylic acids is 2. The van der Waals surface area contributed by atoms with Crippen LogP contribution in [0.4, 0.5) is 13.2 Å². The van der Waals surface area contributed by atoms with E-state index in [0.717, 1.165) is 6.07 Å². The summed E-state index contributed by atoms with van der Waals surface area (Å²) >= 11 is 0. The van der Waals surface area contributed by atoms with Crippen LogP contribution in [0.5, 0.6) is 0 Å². The van der Waals surface area contributed by atoms with Gasteiger partial charge in [-0.25, -0.2) is 4.39 Å². The Balaban J connectivity index is 1.56. The molecule has 2 aliphatic rings. The summed E-state index contributed by atoms with van der Waals surface area (Å²) in [6.45, 7) is 2.82. The second kappa shape index (κ2) is 11.4. The van der Waals surface area contributed by atoms with Gasteiger partial charge in [0.15, 0.2) is 0 Å². The van der Waals surface area contributed by atoms with Crippen LogP contribution < -0.4 is 0 Å². The van der Waals surface area contributed by atoms with Crippen LogP contribution in [-0.2, 0) is 16.1 Å². The van der Waals surface area contributed by atoms with E-state index in [-0.39, 0.29) is 41.3 Å². The van der Waals surface area contributed by atoms with E-state index in [9.17, 15) is 18.4 Å². The van der Waals surface area contributed by atoms with Crippen LogP contribution in [0.15, 0.2) is 58.7 Å². The number of aromatic nitrogens is 2. The Kier molecular flexibility index (Phi) is 8.02. The highest BCUT2D eigenvalue weighted by atomic mass is 19.3. The summed E-state index contributed by atoms with van der Waals surface area (Å²) < 4.78 is 45.5. The summed E-state index contributed by atoms with van der Waals surface area (Å²) in [7, 11) is 0. The molecule has 36 heavy (non-hydrogen) atoms. The van der Waals surface area contributed by atoms with Gasteiger partial charge in [0.1, 0.15) is 5.82 Å². The Morgan fingerprint density at radius 3 is 2.64 bits per heavy atom. The molecule has 2 heterocycles. The third-order valence-electron chi connectivity index (χ3n) is 6.30. The maximum Gasteiger partial charge on any atom is 0.314 e. The fourth-order valence-corrected chi connectivity index (χ4v) is 4.28. The third-order valence-corrected chi connectivity index (χ3v) is 6.30. The number of halogens is 3. The first-order chi connectivity index (χ1) is 17.4. The smallest absolute Gasteiger partial charge is 0.314 e. The monoisotopic (exact) mass is 500 g/mol. The predicted molar refractivity (Wildman–Crippen MR) is 126 cm³/mol. The molecule has 0 unspecified atom stereocenters. The minimum absolute atomic E-state index is 0.0187. The molecule has 0 saturated carbocycles. The highest BCUT2D eigenvalue weighted by Crippen LogP contribution is 2.28.